The first kappa shape index (κ1) is 14.3. The Hall–Kier alpha value is -3.27. The third-order valence-electron chi connectivity index (χ3n) is 3.75. The number of fused-ring (bicyclic) bond motifs is 1. The molecule has 0 unspecified atom stereocenters. The molecule has 0 aliphatic rings. The summed E-state index contributed by atoms with van der Waals surface area (Å²) in [6, 6.07) is 20.3. The van der Waals surface area contributed by atoms with Gasteiger partial charge < -0.3 is 0 Å². The number of imidazole rings is 1. The molecule has 4 aromatic rings. The first-order valence-electron chi connectivity index (χ1n) is 7.64. The van der Waals surface area contributed by atoms with Crippen LogP contribution in [0, 0.1) is 5.82 Å². The van der Waals surface area contributed by atoms with Crippen molar-refractivity contribution < 1.29 is 4.39 Å². The second-order valence-electron chi connectivity index (χ2n) is 5.37. The Labute approximate surface area is 138 Å². The molecule has 2 aromatic carbocycles. The minimum absolute atomic E-state index is 0.299. The highest BCUT2D eigenvalue weighted by molar-refractivity contribution is 5.81. The predicted octanol–water partition coefficient (Wildman–Crippen LogP) is 4.73. The van der Waals surface area contributed by atoms with E-state index in [9.17, 15) is 4.39 Å². The molecule has 0 saturated carbocycles. The highest BCUT2D eigenvalue weighted by Gasteiger charge is 2.11. The number of pyridine rings is 1. The lowest BCUT2D eigenvalue weighted by Gasteiger charge is -2.05. The lowest BCUT2D eigenvalue weighted by Crippen LogP contribution is -1.99. The van der Waals surface area contributed by atoms with Gasteiger partial charge in [0.05, 0.1) is 11.0 Å². The summed E-state index contributed by atoms with van der Waals surface area (Å²) in [6.45, 7) is 0. The summed E-state index contributed by atoms with van der Waals surface area (Å²) in [5.41, 5.74) is 2.50. The van der Waals surface area contributed by atoms with E-state index in [1.807, 2.05) is 65.3 Å². The van der Waals surface area contributed by atoms with Crippen molar-refractivity contribution in [2.75, 3.05) is 0 Å². The van der Waals surface area contributed by atoms with Gasteiger partial charge in [-0.1, -0.05) is 42.5 Å². The minimum atomic E-state index is -0.299. The van der Waals surface area contributed by atoms with E-state index >= 15 is 0 Å². The summed E-state index contributed by atoms with van der Waals surface area (Å²) < 4.78 is 15.5. The average molecular weight is 315 g/mol. The van der Waals surface area contributed by atoms with E-state index in [1.165, 1.54) is 12.1 Å². The van der Waals surface area contributed by atoms with E-state index < -0.39 is 0 Å². The Morgan fingerprint density at radius 2 is 1.71 bits per heavy atom. The molecular formula is C20H14FN3. The van der Waals surface area contributed by atoms with E-state index in [4.69, 9.17) is 0 Å². The van der Waals surface area contributed by atoms with Crippen LogP contribution in [0.15, 0.2) is 72.9 Å². The van der Waals surface area contributed by atoms with Crippen molar-refractivity contribution >= 4 is 23.2 Å². The SMILES string of the molecule is Fc1ccc2c(c1)nc(C=Cc1ccccc1)n2-c1ccccn1. The van der Waals surface area contributed by atoms with Gasteiger partial charge in [0, 0.05) is 12.3 Å². The molecule has 0 amide bonds. The summed E-state index contributed by atoms with van der Waals surface area (Å²) in [4.78, 5) is 8.97. The van der Waals surface area contributed by atoms with Crippen LogP contribution in [-0.2, 0) is 0 Å². The highest BCUT2D eigenvalue weighted by atomic mass is 19.1. The molecule has 0 saturated heterocycles. The number of hydrogen-bond acceptors (Lipinski definition) is 2. The lowest BCUT2D eigenvalue weighted by atomic mass is 10.2. The molecule has 0 bridgehead atoms. The standard InChI is InChI=1S/C20H14FN3/c21-16-10-11-18-17(14-16)23-20(12-9-15-6-2-1-3-7-15)24(18)19-8-4-5-13-22-19/h1-14H. The van der Waals surface area contributed by atoms with Gasteiger partial charge >= 0.3 is 0 Å². The Morgan fingerprint density at radius 1 is 0.875 bits per heavy atom. The van der Waals surface area contributed by atoms with Crippen LogP contribution in [0.4, 0.5) is 4.39 Å². The second kappa shape index (κ2) is 6.08. The molecule has 116 valence electrons. The molecule has 4 rings (SSSR count). The Bertz CT molecular complexity index is 1010. The van der Waals surface area contributed by atoms with Gasteiger partial charge in [-0.3, -0.25) is 4.57 Å². The molecule has 0 aliphatic carbocycles. The molecule has 2 aromatic heterocycles. The summed E-state index contributed by atoms with van der Waals surface area (Å²) in [5, 5.41) is 0. The Kier molecular flexibility index (Phi) is 3.63. The number of nitrogens with zero attached hydrogens (tertiary/aromatic N) is 3. The summed E-state index contributed by atoms with van der Waals surface area (Å²) in [5.74, 6) is 1.16. The normalized spacial score (nSPS) is 11.4. The zero-order valence-corrected chi connectivity index (χ0v) is 12.8. The number of halogens is 1. The molecule has 3 nitrogen and oxygen atoms in total. The Morgan fingerprint density at radius 3 is 2.50 bits per heavy atom. The molecule has 0 fully saturated rings. The van der Waals surface area contributed by atoms with Crippen molar-refractivity contribution in [1.29, 1.82) is 0 Å². The van der Waals surface area contributed by atoms with Crippen LogP contribution in [0.5, 0.6) is 0 Å². The van der Waals surface area contributed by atoms with Gasteiger partial charge in [0.1, 0.15) is 17.5 Å². The van der Waals surface area contributed by atoms with Gasteiger partial charge in [0.15, 0.2) is 0 Å². The fourth-order valence-corrected chi connectivity index (χ4v) is 2.65. The number of benzene rings is 2. The number of aromatic nitrogens is 3. The summed E-state index contributed by atoms with van der Waals surface area (Å²) >= 11 is 0. The van der Waals surface area contributed by atoms with E-state index in [-0.39, 0.29) is 5.82 Å². The van der Waals surface area contributed by atoms with Gasteiger partial charge in [-0.2, -0.15) is 0 Å². The van der Waals surface area contributed by atoms with Crippen molar-refractivity contribution in [3.05, 3.63) is 90.1 Å². The molecule has 0 N–H and O–H groups in total. The second-order valence-corrected chi connectivity index (χ2v) is 5.37. The molecule has 2 heterocycles. The van der Waals surface area contributed by atoms with Crippen LogP contribution >= 0.6 is 0 Å². The topological polar surface area (TPSA) is 30.7 Å². The van der Waals surface area contributed by atoms with Gasteiger partial charge in [0.2, 0.25) is 0 Å². The fourth-order valence-electron chi connectivity index (χ4n) is 2.65. The molecule has 0 spiro atoms. The average Bonchev–Trinajstić information content (AvgIpc) is 2.99. The largest absolute Gasteiger partial charge is 0.277 e. The molecular weight excluding hydrogens is 301 g/mol. The van der Waals surface area contributed by atoms with Crippen LogP contribution < -0.4 is 0 Å². The monoisotopic (exact) mass is 315 g/mol. The van der Waals surface area contributed by atoms with Crippen molar-refractivity contribution in [3.8, 4) is 5.82 Å². The molecule has 0 atom stereocenters. The molecule has 4 heteroatoms. The fraction of sp³-hybridized carbons (Fsp3) is 0. The maximum absolute atomic E-state index is 13.5. The third-order valence-corrected chi connectivity index (χ3v) is 3.75. The maximum Gasteiger partial charge on any atom is 0.139 e. The van der Waals surface area contributed by atoms with Crippen molar-refractivity contribution in [2.24, 2.45) is 0 Å². The van der Waals surface area contributed by atoms with E-state index in [0.29, 0.717) is 11.3 Å². The van der Waals surface area contributed by atoms with Gasteiger partial charge in [-0.25, -0.2) is 14.4 Å². The van der Waals surface area contributed by atoms with Crippen molar-refractivity contribution in [2.45, 2.75) is 0 Å². The van der Waals surface area contributed by atoms with E-state index in [2.05, 4.69) is 9.97 Å². The zero-order chi connectivity index (χ0) is 16.4. The van der Waals surface area contributed by atoms with Crippen LogP contribution in [0.3, 0.4) is 0 Å². The van der Waals surface area contributed by atoms with Gasteiger partial charge in [-0.15, -0.1) is 0 Å². The molecule has 0 aliphatic heterocycles. The van der Waals surface area contributed by atoms with Crippen LogP contribution in [0.2, 0.25) is 0 Å². The van der Waals surface area contributed by atoms with Crippen LogP contribution in [0.1, 0.15) is 11.4 Å². The summed E-state index contributed by atoms with van der Waals surface area (Å²) in [6.07, 6.45) is 5.63. The van der Waals surface area contributed by atoms with Gasteiger partial charge in [-0.05, 0) is 35.9 Å². The van der Waals surface area contributed by atoms with Gasteiger partial charge in [0.25, 0.3) is 0 Å². The zero-order valence-electron chi connectivity index (χ0n) is 12.8. The smallest absolute Gasteiger partial charge is 0.139 e. The number of rotatable bonds is 3. The third kappa shape index (κ3) is 2.70. The van der Waals surface area contributed by atoms with Crippen LogP contribution in [-0.4, -0.2) is 14.5 Å². The van der Waals surface area contributed by atoms with Crippen molar-refractivity contribution in [3.63, 3.8) is 0 Å². The lowest BCUT2D eigenvalue weighted by molar-refractivity contribution is 0.629. The first-order chi connectivity index (χ1) is 11.8. The molecule has 24 heavy (non-hydrogen) atoms. The van der Waals surface area contributed by atoms with Crippen molar-refractivity contribution in [1.82, 2.24) is 14.5 Å². The maximum atomic E-state index is 13.5. The summed E-state index contributed by atoms with van der Waals surface area (Å²) in [7, 11) is 0. The molecule has 0 radical (unpaired) electrons. The Balaban J connectivity index is 1.89. The quantitative estimate of drug-likeness (QED) is 0.547. The minimum Gasteiger partial charge on any atom is -0.277 e. The number of hydrogen-bond donors (Lipinski definition) is 0. The van der Waals surface area contributed by atoms with Crippen LogP contribution in [0.25, 0.3) is 29.0 Å². The van der Waals surface area contributed by atoms with E-state index in [1.54, 1.807) is 12.3 Å². The highest BCUT2D eigenvalue weighted by Crippen LogP contribution is 2.22. The van der Waals surface area contributed by atoms with E-state index in [0.717, 1.165) is 16.9 Å². The first-order valence-corrected chi connectivity index (χ1v) is 7.64. The predicted molar refractivity (Wildman–Crippen MR) is 94.2 cm³/mol.